The van der Waals surface area contributed by atoms with Gasteiger partial charge in [0.15, 0.2) is 0 Å². The zero-order chi connectivity index (χ0) is 51.2. The number of hydrogen-bond donors (Lipinski definition) is 7. The Bertz CT molecular complexity index is 2140. The standard InChI is InChI=1S/C53H77N9O8.2ClH/c1-30(54-9)45(64)59-43(52(3,4)5)50(69)61-28-32(25-40(61)47(66)57-38-23-15-19-33-17-11-13-21-36(33)38)26-42(63)49(68)56-35-27-41(48(67)58-39-24-16-20-34-18-12-14-22-37(34)39)62(29-35)51(70)44(53(6,7)8)60-46(65)31(2)55-10;;/h11-14,17-18,21-22,30-32,35,38-41,43-44,54-55H,15-16,19-20,23-29H2,1-10H3,(H,56,68)(H,57,66)(H,58,67)(H,59,64)(H,60,65);2*1H/t30-,31-,32+,35-,38+,39+,40-,41-,43+,44+;;/m0../s1. The molecule has 19 heteroatoms. The number of nitrogens with zero attached hydrogens (tertiary/aromatic N) is 2. The first-order chi connectivity index (χ1) is 33.0. The Labute approximate surface area is 437 Å². The van der Waals surface area contributed by atoms with Crippen LogP contribution in [0.25, 0.3) is 0 Å². The molecule has 0 radical (unpaired) electrons. The largest absolute Gasteiger partial charge is 0.347 e. The second-order valence-corrected chi connectivity index (χ2v) is 22.1. The molecule has 4 aliphatic rings. The van der Waals surface area contributed by atoms with Crippen molar-refractivity contribution in [2.75, 3.05) is 27.2 Å². The fraction of sp³-hybridized carbons (Fsp3) is 0.623. The molecule has 17 nitrogen and oxygen atoms in total. The number of carbonyl (C=O) groups excluding carboxylic acids is 8. The molecule has 0 saturated carbocycles. The minimum Gasteiger partial charge on any atom is -0.347 e. The maximum Gasteiger partial charge on any atom is 0.287 e. The average molecular weight is 1040 g/mol. The van der Waals surface area contributed by atoms with Gasteiger partial charge >= 0.3 is 0 Å². The van der Waals surface area contributed by atoms with Gasteiger partial charge in [-0.05, 0) is 118 Å². The summed E-state index contributed by atoms with van der Waals surface area (Å²) < 4.78 is 0. The number of nitrogens with one attached hydrogen (secondary N) is 7. The van der Waals surface area contributed by atoms with Gasteiger partial charge in [0.05, 0.1) is 24.2 Å². The summed E-state index contributed by atoms with van der Waals surface area (Å²) in [5.41, 5.74) is 2.81. The van der Waals surface area contributed by atoms with E-state index in [2.05, 4.69) is 43.3 Å². The van der Waals surface area contributed by atoms with E-state index in [-0.39, 0.29) is 81.1 Å². The highest BCUT2D eigenvalue weighted by Crippen LogP contribution is 2.35. The molecule has 398 valence electrons. The van der Waals surface area contributed by atoms with E-state index in [4.69, 9.17) is 0 Å². The number of rotatable bonds is 16. The topological polar surface area (TPSA) is 227 Å². The molecule has 2 fully saturated rings. The highest BCUT2D eigenvalue weighted by molar-refractivity contribution is 6.36. The quantitative estimate of drug-likeness (QED) is 0.121. The molecule has 2 saturated heterocycles. The fourth-order valence-electron chi connectivity index (χ4n) is 10.4. The molecule has 0 bridgehead atoms. The highest BCUT2D eigenvalue weighted by Gasteiger charge is 2.48. The van der Waals surface area contributed by atoms with Gasteiger partial charge in [0.2, 0.25) is 41.2 Å². The van der Waals surface area contributed by atoms with Gasteiger partial charge in [0, 0.05) is 25.6 Å². The normalized spacial score (nSPS) is 23.2. The number of aryl methyl sites for hydroxylation is 2. The van der Waals surface area contributed by atoms with Crippen molar-refractivity contribution in [2.45, 2.75) is 168 Å². The van der Waals surface area contributed by atoms with E-state index in [1.165, 1.54) is 9.80 Å². The van der Waals surface area contributed by atoms with Crippen molar-refractivity contribution < 1.29 is 38.4 Å². The lowest BCUT2D eigenvalue weighted by molar-refractivity contribution is -0.144. The molecule has 72 heavy (non-hydrogen) atoms. The smallest absolute Gasteiger partial charge is 0.287 e. The zero-order valence-corrected chi connectivity index (χ0v) is 45.3. The van der Waals surface area contributed by atoms with Crippen molar-refractivity contribution in [3.05, 3.63) is 70.8 Å². The number of Topliss-reactive ketones (excluding diaryl/α,β-unsaturated/α-hetero) is 1. The number of amides is 7. The summed E-state index contributed by atoms with van der Waals surface area (Å²) >= 11 is 0. The third-order valence-corrected chi connectivity index (χ3v) is 14.7. The molecule has 2 aliphatic carbocycles. The van der Waals surface area contributed by atoms with Crippen LogP contribution in [-0.2, 0) is 51.2 Å². The first-order valence-corrected chi connectivity index (χ1v) is 25.2. The van der Waals surface area contributed by atoms with Gasteiger partial charge in [0.25, 0.3) is 5.91 Å². The average Bonchev–Trinajstić information content (AvgIpc) is 3.95. The van der Waals surface area contributed by atoms with Gasteiger partial charge in [0.1, 0.15) is 24.2 Å². The monoisotopic (exact) mass is 1040 g/mol. The summed E-state index contributed by atoms with van der Waals surface area (Å²) in [6.07, 6.45) is 4.80. The van der Waals surface area contributed by atoms with E-state index in [9.17, 15) is 38.4 Å². The van der Waals surface area contributed by atoms with Crippen LogP contribution < -0.4 is 37.2 Å². The van der Waals surface area contributed by atoms with Crippen molar-refractivity contribution >= 4 is 71.9 Å². The van der Waals surface area contributed by atoms with Crippen molar-refractivity contribution in [2.24, 2.45) is 16.7 Å². The number of carbonyl (C=O) groups is 8. The number of benzene rings is 2. The molecule has 2 aromatic rings. The van der Waals surface area contributed by atoms with Crippen LogP contribution >= 0.6 is 24.8 Å². The van der Waals surface area contributed by atoms with E-state index >= 15 is 0 Å². The molecular weight excluding hydrogens is 962 g/mol. The predicted molar refractivity (Wildman–Crippen MR) is 280 cm³/mol. The lowest BCUT2D eigenvalue weighted by atomic mass is 9.85. The first-order valence-electron chi connectivity index (χ1n) is 25.2. The van der Waals surface area contributed by atoms with Crippen LogP contribution in [0, 0.1) is 16.7 Å². The number of halogens is 2. The molecular formula is C53H79Cl2N9O8. The summed E-state index contributed by atoms with van der Waals surface area (Å²) in [5, 5.41) is 20.8. The van der Waals surface area contributed by atoms with Crippen molar-refractivity contribution in [3.8, 4) is 0 Å². The van der Waals surface area contributed by atoms with Gasteiger partial charge in [-0.15, -0.1) is 24.8 Å². The Kier molecular flexibility index (Phi) is 20.8. The summed E-state index contributed by atoms with van der Waals surface area (Å²) in [5.74, 6) is -4.76. The minimum atomic E-state index is -1.03. The SMILES string of the molecule is CN[C@@H](C)C(=O)N[C@H](C(=O)N1C[C@@H](CC(=O)C(=O)N[C@H]2C[C@@H](C(=O)N[C@@H]3CCCc4ccccc43)N(C(=O)[C@@H](NC(=O)[C@H](C)NC)C(C)(C)C)C2)C[C@H]1C(=O)N[C@@H]1CCCc2ccccc21)C(C)(C)C.Cl.Cl. The minimum absolute atomic E-state index is 0. The maximum atomic E-state index is 14.7. The Morgan fingerprint density at radius 3 is 1.44 bits per heavy atom. The zero-order valence-electron chi connectivity index (χ0n) is 43.6. The van der Waals surface area contributed by atoms with Crippen LogP contribution in [0.1, 0.15) is 135 Å². The second kappa shape index (κ2) is 25.2. The number of fused-ring (bicyclic) bond motifs is 2. The van der Waals surface area contributed by atoms with Crippen LogP contribution in [0.4, 0.5) is 0 Å². The van der Waals surface area contributed by atoms with Crippen LogP contribution in [0.3, 0.4) is 0 Å². The first kappa shape index (κ1) is 59.5. The molecule has 0 spiro atoms. The summed E-state index contributed by atoms with van der Waals surface area (Å²) in [4.78, 5) is 115. The van der Waals surface area contributed by atoms with Crippen molar-refractivity contribution in [3.63, 3.8) is 0 Å². The molecule has 0 aromatic heterocycles. The maximum absolute atomic E-state index is 14.7. The number of likely N-dealkylation sites (N-methyl/N-ethyl adjacent to an activating group) is 2. The van der Waals surface area contributed by atoms with E-state index in [1.807, 2.05) is 84.0 Å². The molecule has 7 amide bonds. The summed E-state index contributed by atoms with van der Waals surface area (Å²) in [6.45, 7) is 14.2. The third kappa shape index (κ3) is 14.1. The summed E-state index contributed by atoms with van der Waals surface area (Å²) in [7, 11) is 3.29. The van der Waals surface area contributed by atoms with Gasteiger partial charge in [-0.25, -0.2) is 0 Å². The Morgan fingerprint density at radius 2 is 1.01 bits per heavy atom. The van der Waals surface area contributed by atoms with Crippen LogP contribution in [-0.4, -0.2) is 126 Å². The molecule has 10 atom stereocenters. The third-order valence-electron chi connectivity index (χ3n) is 14.7. The van der Waals surface area contributed by atoms with E-state index < -0.39 is 94.4 Å². The van der Waals surface area contributed by atoms with Gasteiger partial charge in [-0.1, -0.05) is 90.1 Å². The van der Waals surface area contributed by atoms with Gasteiger partial charge < -0.3 is 47.0 Å². The molecule has 7 N–H and O–H groups in total. The lowest BCUT2D eigenvalue weighted by Gasteiger charge is -2.36. The van der Waals surface area contributed by atoms with Crippen molar-refractivity contribution in [1.29, 1.82) is 0 Å². The van der Waals surface area contributed by atoms with Crippen LogP contribution in [0.5, 0.6) is 0 Å². The Balaban J connectivity index is 0.00000562. The van der Waals surface area contributed by atoms with Gasteiger partial charge in [-0.3, -0.25) is 38.4 Å². The van der Waals surface area contributed by atoms with E-state index in [0.29, 0.717) is 6.42 Å². The number of hydrogen-bond acceptors (Lipinski definition) is 10. The van der Waals surface area contributed by atoms with E-state index in [0.717, 1.165) is 54.4 Å². The highest BCUT2D eigenvalue weighted by atomic mass is 35.5. The molecule has 2 aliphatic heterocycles. The fourth-order valence-corrected chi connectivity index (χ4v) is 10.4. The van der Waals surface area contributed by atoms with E-state index in [1.54, 1.807) is 27.9 Å². The number of ketones is 1. The second-order valence-electron chi connectivity index (χ2n) is 22.1. The predicted octanol–water partition coefficient (Wildman–Crippen LogP) is 3.76. The molecule has 0 unspecified atom stereocenters. The summed E-state index contributed by atoms with van der Waals surface area (Å²) in [6, 6.07) is 9.31. The molecule has 2 heterocycles. The van der Waals surface area contributed by atoms with Crippen LogP contribution in [0.15, 0.2) is 48.5 Å². The van der Waals surface area contributed by atoms with Crippen LogP contribution in [0.2, 0.25) is 0 Å². The molecule has 6 rings (SSSR count). The Morgan fingerprint density at radius 1 is 0.597 bits per heavy atom. The van der Waals surface area contributed by atoms with Crippen molar-refractivity contribution in [1.82, 2.24) is 47.0 Å². The molecule has 2 aromatic carbocycles. The number of likely N-dealkylation sites (tertiary alicyclic amines) is 2. The lowest BCUT2D eigenvalue weighted by Crippen LogP contribution is -2.59. The van der Waals surface area contributed by atoms with Gasteiger partial charge in [-0.2, -0.15) is 0 Å². The Hall–Kier alpha value is -5.10.